The highest BCUT2D eigenvalue weighted by Crippen LogP contribution is 2.44. The molecule has 5 heteroatoms. The van der Waals surface area contributed by atoms with Crippen LogP contribution in [0.3, 0.4) is 0 Å². The summed E-state index contributed by atoms with van der Waals surface area (Å²) in [4.78, 5) is 13.7. The Kier molecular flexibility index (Phi) is 5.50. The summed E-state index contributed by atoms with van der Waals surface area (Å²) in [5.74, 6) is -3.24. The van der Waals surface area contributed by atoms with Gasteiger partial charge in [0.2, 0.25) is 11.8 Å². The van der Waals surface area contributed by atoms with Gasteiger partial charge in [-0.2, -0.15) is 5.26 Å². The Hall–Kier alpha value is -1.18. The number of nitriles is 1. The van der Waals surface area contributed by atoms with Gasteiger partial charge in [0.25, 0.3) is 0 Å². The zero-order valence-corrected chi connectivity index (χ0v) is 12.6. The predicted molar refractivity (Wildman–Crippen MR) is 73.2 cm³/mol. The Morgan fingerprint density at radius 2 is 1.80 bits per heavy atom. The second kappa shape index (κ2) is 6.51. The van der Waals surface area contributed by atoms with Crippen molar-refractivity contribution < 1.29 is 13.6 Å². The molecule has 1 aliphatic heterocycles. The van der Waals surface area contributed by atoms with Crippen molar-refractivity contribution in [2.24, 2.45) is 11.3 Å². The molecule has 2 fully saturated rings. The number of piperidine rings is 1. The zero-order valence-electron chi connectivity index (χ0n) is 12.6. The summed E-state index contributed by atoms with van der Waals surface area (Å²) in [7, 11) is 0. The van der Waals surface area contributed by atoms with E-state index in [1.807, 2.05) is 13.8 Å². The van der Waals surface area contributed by atoms with Gasteiger partial charge in [0, 0.05) is 38.3 Å². The van der Waals surface area contributed by atoms with E-state index in [1.165, 1.54) is 0 Å². The fraction of sp³-hybridized carbons (Fsp3) is 0.867. The van der Waals surface area contributed by atoms with Gasteiger partial charge in [-0.3, -0.25) is 4.79 Å². The molecule has 0 atom stereocenters. The number of amides is 1. The lowest BCUT2D eigenvalue weighted by atomic mass is 9.76. The van der Waals surface area contributed by atoms with Crippen LogP contribution in [0.4, 0.5) is 8.78 Å². The van der Waals surface area contributed by atoms with Crippen molar-refractivity contribution in [2.45, 2.75) is 58.8 Å². The van der Waals surface area contributed by atoms with E-state index in [4.69, 9.17) is 5.26 Å². The first-order chi connectivity index (χ1) is 9.35. The van der Waals surface area contributed by atoms with Crippen molar-refractivity contribution in [1.82, 2.24) is 4.90 Å². The van der Waals surface area contributed by atoms with E-state index < -0.39 is 11.8 Å². The number of halogens is 2. The second-order valence-corrected chi connectivity index (χ2v) is 5.93. The molecule has 20 heavy (non-hydrogen) atoms. The van der Waals surface area contributed by atoms with Crippen molar-refractivity contribution in [3.63, 3.8) is 0 Å². The molecule has 0 aromatic rings. The minimum absolute atomic E-state index is 0.0188. The molecular formula is C15H24F2N2O. The molecule has 3 nitrogen and oxygen atoms in total. The van der Waals surface area contributed by atoms with E-state index in [2.05, 4.69) is 13.0 Å². The van der Waals surface area contributed by atoms with Crippen LogP contribution in [0.1, 0.15) is 52.9 Å². The third kappa shape index (κ3) is 3.91. The summed E-state index contributed by atoms with van der Waals surface area (Å²) in [6, 6.07) is 2.18. The van der Waals surface area contributed by atoms with Gasteiger partial charge >= 0.3 is 0 Å². The number of carbonyl (C=O) groups is 1. The van der Waals surface area contributed by atoms with Crippen LogP contribution in [0, 0.1) is 22.7 Å². The summed E-state index contributed by atoms with van der Waals surface area (Å²) < 4.78 is 25.5. The van der Waals surface area contributed by atoms with Crippen LogP contribution < -0.4 is 0 Å². The summed E-state index contributed by atoms with van der Waals surface area (Å²) in [6.45, 7) is 7.24. The normalized spacial score (nSPS) is 23.9. The molecule has 1 saturated carbocycles. The molecule has 1 aliphatic carbocycles. The van der Waals surface area contributed by atoms with Gasteiger partial charge in [-0.1, -0.05) is 20.8 Å². The molecule has 114 valence electrons. The van der Waals surface area contributed by atoms with E-state index >= 15 is 0 Å². The first-order valence-electron chi connectivity index (χ1n) is 7.39. The third-order valence-electron chi connectivity index (χ3n) is 4.23. The van der Waals surface area contributed by atoms with Crippen molar-refractivity contribution in [2.75, 3.05) is 13.1 Å². The standard InChI is InChI=1S/C13H18F2N2O.C2H6/c1-12(2-5-16)3-6-17(7-4-12)11(18)10-8-13(14,15)9-10;1-2/h10H,2-4,6-9H2,1H3;1-2H3. The topological polar surface area (TPSA) is 44.1 Å². The fourth-order valence-electron chi connectivity index (χ4n) is 2.73. The van der Waals surface area contributed by atoms with Crippen LogP contribution in [-0.4, -0.2) is 29.8 Å². The van der Waals surface area contributed by atoms with Crippen LogP contribution in [0.15, 0.2) is 0 Å². The van der Waals surface area contributed by atoms with Crippen LogP contribution >= 0.6 is 0 Å². The van der Waals surface area contributed by atoms with E-state index in [0.717, 1.165) is 12.8 Å². The summed E-state index contributed by atoms with van der Waals surface area (Å²) >= 11 is 0. The van der Waals surface area contributed by atoms with Gasteiger partial charge in [0.15, 0.2) is 0 Å². The maximum absolute atomic E-state index is 12.7. The van der Waals surface area contributed by atoms with E-state index in [1.54, 1.807) is 4.90 Å². The summed E-state index contributed by atoms with van der Waals surface area (Å²) in [5, 5.41) is 8.74. The molecule has 0 spiro atoms. The summed E-state index contributed by atoms with van der Waals surface area (Å²) in [6.07, 6.45) is 1.48. The minimum Gasteiger partial charge on any atom is -0.342 e. The number of hydrogen-bond donors (Lipinski definition) is 0. The molecule has 2 aliphatic rings. The van der Waals surface area contributed by atoms with Gasteiger partial charge in [-0.25, -0.2) is 8.78 Å². The zero-order chi connectivity index (χ0) is 15.4. The van der Waals surface area contributed by atoms with Gasteiger partial charge in [0.1, 0.15) is 0 Å². The monoisotopic (exact) mass is 286 g/mol. The predicted octanol–water partition coefficient (Wildman–Crippen LogP) is 3.60. The molecule has 0 N–H and O–H groups in total. The van der Waals surface area contributed by atoms with Crippen molar-refractivity contribution in [1.29, 1.82) is 5.26 Å². The Balaban J connectivity index is 0.000000956. The van der Waals surface area contributed by atoms with Crippen LogP contribution in [0.25, 0.3) is 0 Å². The number of likely N-dealkylation sites (tertiary alicyclic amines) is 1. The molecular weight excluding hydrogens is 262 g/mol. The van der Waals surface area contributed by atoms with Gasteiger partial charge in [-0.05, 0) is 18.3 Å². The van der Waals surface area contributed by atoms with Crippen LogP contribution in [0.5, 0.6) is 0 Å². The fourth-order valence-corrected chi connectivity index (χ4v) is 2.73. The minimum atomic E-state index is -2.63. The highest BCUT2D eigenvalue weighted by Gasteiger charge is 2.50. The quantitative estimate of drug-likeness (QED) is 0.778. The maximum atomic E-state index is 12.7. The second-order valence-electron chi connectivity index (χ2n) is 5.93. The average molecular weight is 286 g/mol. The number of hydrogen-bond acceptors (Lipinski definition) is 2. The molecule has 0 aromatic carbocycles. The Bertz CT molecular complexity index is 374. The highest BCUT2D eigenvalue weighted by atomic mass is 19.3. The Morgan fingerprint density at radius 1 is 1.30 bits per heavy atom. The van der Waals surface area contributed by atoms with Crippen molar-refractivity contribution >= 4 is 5.91 Å². The number of nitrogens with zero attached hydrogens (tertiary/aromatic N) is 2. The molecule has 0 unspecified atom stereocenters. The largest absolute Gasteiger partial charge is 0.342 e. The van der Waals surface area contributed by atoms with Gasteiger partial charge in [0.05, 0.1) is 6.07 Å². The molecule has 0 radical (unpaired) electrons. The summed E-state index contributed by atoms with van der Waals surface area (Å²) in [5.41, 5.74) is -0.0188. The smallest absolute Gasteiger partial charge is 0.249 e. The Morgan fingerprint density at radius 3 is 2.20 bits per heavy atom. The number of rotatable bonds is 2. The van der Waals surface area contributed by atoms with Crippen molar-refractivity contribution in [3.8, 4) is 6.07 Å². The van der Waals surface area contributed by atoms with Gasteiger partial charge in [-0.15, -0.1) is 0 Å². The Labute approximate surface area is 119 Å². The first-order valence-corrected chi connectivity index (χ1v) is 7.39. The molecule has 2 rings (SSSR count). The first kappa shape index (κ1) is 16.9. The lowest BCUT2D eigenvalue weighted by Crippen LogP contribution is -2.50. The molecule has 1 amide bonds. The lowest BCUT2D eigenvalue weighted by Gasteiger charge is -2.42. The third-order valence-corrected chi connectivity index (χ3v) is 4.23. The van der Waals surface area contributed by atoms with Crippen molar-refractivity contribution in [3.05, 3.63) is 0 Å². The molecule has 1 saturated heterocycles. The van der Waals surface area contributed by atoms with E-state index in [-0.39, 0.29) is 24.2 Å². The molecule has 0 bridgehead atoms. The highest BCUT2D eigenvalue weighted by molar-refractivity contribution is 5.80. The number of alkyl halides is 2. The molecule has 0 aromatic heterocycles. The lowest BCUT2D eigenvalue weighted by molar-refractivity contribution is -0.161. The molecule has 1 heterocycles. The van der Waals surface area contributed by atoms with Crippen LogP contribution in [-0.2, 0) is 4.79 Å². The maximum Gasteiger partial charge on any atom is 0.249 e. The van der Waals surface area contributed by atoms with E-state index in [0.29, 0.717) is 19.5 Å². The van der Waals surface area contributed by atoms with Crippen LogP contribution in [0.2, 0.25) is 0 Å². The van der Waals surface area contributed by atoms with E-state index in [9.17, 15) is 13.6 Å². The SMILES string of the molecule is CC.CC1(CC#N)CCN(C(=O)C2CC(F)(F)C2)CC1. The number of carbonyl (C=O) groups excluding carboxylic acids is 1. The van der Waals surface area contributed by atoms with Gasteiger partial charge < -0.3 is 4.90 Å². The average Bonchev–Trinajstić information content (AvgIpc) is 2.38.